The van der Waals surface area contributed by atoms with Crippen molar-refractivity contribution in [1.29, 1.82) is 0 Å². The Morgan fingerprint density at radius 3 is 2.14 bits per heavy atom. The summed E-state index contributed by atoms with van der Waals surface area (Å²) in [6.45, 7) is 11.3. The van der Waals surface area contributed by atoms with E-state index in [2.05, 4.69) is 17.1 Å². The molecule has 17 N–H and O–H groups in total. The van der Waals surface area contributed by atoms with Gasteiger partial charge in [-0.3, -0.25) is 9.79 Å². The third-order valence-corrected chi connectivity index (χ3v) is 14.2. The molecule has 0 amide bonds. The van der Waals surface area contributed by atoms with E-state index in [0.717, 1.165) is 32.1 Å². The zero-order valence-electron chi connectivity index (χ0n) is 44.4. The van der Waals surface area contributed by atoms with Crippen LogP contribution in [-0.2, 0) is 19.0 Å². The lowest BCUT2D eigenvalue weighted by Crippen LogP contribution is -2.60. The molecule has 2 aliphatic heterocycles. The van der Waals surface area contributed by atoms with E-state index < -0.39 is 122 Å². The maximum atomic E-state index is 11.6. The molecule has 0 spiro atoms. The first-order chi connectivity index (χ1) is 34.7. The highest BCUT2D eigenvalue weighted by Crippen LogP contribution is 2.36. The van der Waals surface area contributed by atoms with Gasteiger partial charge in [-0.1, -0.05) is 77.2 Å². The molecule has 1 saturated heterocycles. The maximum absolute atomic E-state index is 11.6. The number of hydrogen-bond donors (Lipinski definition) is 13. The summed E-state index contributed by atoms with van der Waals surface area (Å²) < 4.78 is 17.6. The van der Waals surface area contributed by atoms with Gasteiger partial charge in [0.15, 0.2) is 24.3 Å². The lowest BCUT2D eigenvalue weighted by atomic mass is 9.84. The van der Waals surface area contributed by atoms with Crippen LogP contribution < -0.4 is 11.5 Å². The molecular weight excluding hydrogens is 963 g/mol. The number of fused-ring (bicyclic) bond motifs is 2. The largest absolute Gasteiger partial charge is 0.510 e. The molecule has 2 rings (SSSR count). The summed E-state index contributed by atoms with van der Waals surface area (Å²) in [5.41, 5.74) is 11.3. The van der Waals surface area contributed by atoms with Crippen LogP contribution in [0.4, 0.5) is 0 Å². The van der Waals surface area contributed by atoms with Gasteiger partial charge in [0.1, 0.15) is 6.10 Å². The molecular formula is C54H93N3O17+2. The molecule has 2 aliphatic rings. The molecule has 18 unspecified atom stereocenters. The van der Waals surface area contributed by atoms with Crippen LogP contribution >= 0.6 is 0 Å². The van der Waals surface area contributed by atoms with Crippen LogP contribution in [0.1, 0.15) is 138 Å². The first kappa shape index (κ1) is 66.1. The van der Waals surface area contributed by atoms with Crippen LogP contribution in [0.3, 0.4) is 0 Å². The number of carboxylic acids is 1. The van der Waals surface area contributed by atoms with Crippen molar-refractivity contribution in [2.75, 3.05) is 6.54 Å². The highest BCUT2D eigenvalue weighted by atomic mass is 16.7. The van der Waals surface area contributed by atoms with Crippen molar-refractivity contribution in [2.24, 2.45) is 46.0 Å². The first-order valence-electron chi connectivity index (χ1n) is 26.3. The molecule has 2 bridgehead atoms. The fourth-order valence-corrected chi connectivity index (χ4v) is 9.25. The van der Waals surface area contributed by atoms with E-state index in [4.69, 9.17) is 25.7 Å². The summed E-state index contributed by atoms with van der Waals surface area (Å²) in [5, 5.41) is 120. The number of esters is 2. The number of nitrogens with two attached hydrogens (primary N) is 2. The molecule has 74 heavy (non-hydrogen) atoms. The third kappa shape index (κ3) is 25.2. The highest BCUT2D eigenvalue weighted by molar-refractivity contribution is 5.90. The van der Waals surface area contributed by atoms with Crippen molar-refractivity contribution in [3.05, 3.63) is 60.3 Å². The monoisotopic (exact) mass is 1060 g/mol. The summed E-state index contributed by atoms with van der Waals surface area (Å²) in [6, 6.07) is 0. The van der Waals surface area contributed by atoms with E-state index in [-0.39, 0.29) is 75.1 Å². The smallest absolute Gasteiger partial charge is 0.481 e. The predicted molar refractivity (Wildman–Crippen MR) is 281 cm³/mol. The topological polar surface area (TPSA) is 374 Å². The number of aliphatic carboxylic acids is 1. The number of rotatable bonds is 12. The average Bonchev–Trinajstić information content (AvgIpc) is 3.30. The number of allylic oxidation sites excluding steroid dienone is 6. The van der Waals surface area contributed by atoms with E-state index >= 15 is 0 Å². The number of guanidine groups is 1. The van der Waals surface area contributed by atoms with E-state index in [1.54, 1.807) is 58.1 Å². The number of carbonyl (C=O) groups is 1. The minimum atomic E-state index is -2.50. The minimum Gasteiger partial charge on any atom is -0.481 e. The van der Waals surface area contributed by atoms with Crippen LogP contribution in [0.15, 0.2) is 65.2 Å². The second-order valence-corrected chi connectivity index (χ2v) is 20.9. The Morgan fingerprint density at radius 2 is 1.47 bits per heavy atom. The summed E-state index contributed by atoms with van der Waals surface area (Å²) in [5.74, 6) is -7.07. The number of aliphatic hydroxyl groups is 10. The summed E-state index contributed by atoms with van der Waals surface area (Å²) in [6.07, 6.45) is 2.98. The average molecular weight is 1060 g/mol. The van der Waals surface area contributed by atoms with Gasteiger partial charge in [0, 0.05) is 68.7 Å². The molecule has 424 valence electrons. The van der Waals surface area contributed by atoms with Gasteiger partial charge >= 0.3 is 17.9 Å². The normalized spacial score (nSPS) is 35.9. The fourth-order valence-electron chi connectivity index (χ4n) is 9.25. The summed E-state index contributed by atoms with van der Waals surface area (Å²) in [7, 11) is 0. The van der Waals surface area contributed by atoms with E-state index in [1.165, 1.54) is 6.08 Å². The molecule has 18 atom stereocenters. The zero-order chi connectivity index (χ0) is 55.7. The van der Waals surface area contributed by atoms with Gasteiger partial charge in [0.05, 0.1) is 61.0 Å². The van der Waals surface area contributed by atoms with Crippen molar-refractivity contribution in [3.8, 4) is 0 Å². The Hall–Kier alpha value is -4.06. The van der Waals surface area contributed by atoms with E-state index in [9.17, 15) is 70.6 Å². The van der Waals surface area contributed by atoms with E-state index in [1.807, 2.05) is 19.9 Å². The molecule has 0 aromatic heterocycles. The predicted octanol–water partition coefficient (Wildman–Crippen LogP) is 2.67. The molecule has 0 aliphatic carbocycles. The van der Waals surface area contributed by atoms with Crippen LogP contribution in [0, 0.1) is 29.6 Å². The Balaban J connectivity index is 2.41. The van der Waals surface area contributed by atoms with Gasteiger partial charge in [-0.2, -0.15) is 0 Å². The number of carbonyl (C=O) groups excluding carboxylic acids is 2. The standard InChI is InChI=1S/C54H91N3O17/c1-32-16-12-13-20-49(68)73-51(35(4)17-11-9-7-8-10-14-23-57-53(55)56)36(5)19-15-18-33(2)43(61)26-39(59)24-38(58)25-40(72-50(69)30-48(66)67)27-41-28-46(64)52(70)54(71,74-41)31-47(65)34(3)21-22-42(60)37(6)45(63)29-44(32)62/h7-8,12-13,15-16,18-20,32,34-47,51-52,58-65,70-71H,9-11,14,17,21-31H2,1-6H3,(H,66,67)(H4,55,56,57)/p+2. The Bertz CT molecular complexity index is 1860. The molecule has 1 fully saturated rings. The van der Waals surface area contributed by atoms with E-state index in [0.29, 0.717) is 12.1 Å². The SMILES string of the molecule is CC1=CC=CC(C)C(C(C)CCCC=CCCCN=C(N)N)OC(=[OH+])C=CC=CC(C)C(O)CC(O)C(C)C(O)CCC(C)C(O)CC2(O)OC(CC(OC(=[OH+])CC(=O)O)CC(O)CC(O)CC1O)CC(O)C2O. The fraction of sp³-hybridized carbons (Fsp3) is 0.741. The summed E-state index contributed by atoms with van der Waals surface area (Å²) in [4.78, 5) is 36.7. The Kier molecular flexibility index (Phi) is 30.2. The number of ether oxygens (including phenoxy) is 3. The third-order valence-electron chi connectivity index (χ3n) is 14.2. The molecule has 20 heteroatoms. The zero-order valence-corrected chi connectivity index (χ0v) is 44.4. The molecule has 2 heterocycles. The van der Waals surface area contributed by atoms with Gasteiger partial charge in [-0.25, -0.2) is 0 Å². The number of aliphatic hydroxyl groups excluding tert-OH is 9. The first-order valence-corrected chi connectivity index (χ1v) is 26.3. The molecule has 0 radical (unpaired) electrons. The number of cyclic esters (lactones) is 1. The van der Waals surface area contributed by atoms with Crippen molar-refractivity contribution in [3.63, 3.8) is 0 Å². The molecule has 0 saturated carbocycles. The van der Waals surface area contributed by atoms with Crippen LogP contribution in [-0.4, -0.2) is 175 Å². The van der Waals surface area contributed by atoms with Gasteiger partial charge < -0.3 is 91.4 Å². The highest BCUT2D eigenvalue weighted by Gasteiger charge is 2.50. The van der Waals surface area contributed by atoms with Gasteiger partial charge in [-0.05, 0) is 75.9 Å². The number of hydrogen-bond acceptors (Lipinski definition) is 15. The number of carboxylic acid groups (broad SMARTS) is 1. The summed E-state index contributed by atoms with van der Waals surface area (Å²) >= 11 is 0. The molecule has 0 aromatic carbocycles. The second-order valence-electron chi connectivity index (χ2n) is 20.9. The lowest BCUT2D eigenvalue weighted by Gasteiger charge is -2.45. The number of unbranched alkanes of at least 4 members (excludes halogenated alkanes) is 2. The van der Waals surface area contributed by atoms with Crippen molar-refractivity contribution in [2.45, 2.75) is 217 Å². The quantitative estimate of drug-likeness (QED) is 0.0254. The number of aliphatic imine (C=N–C) groups is 1. The molecule has 20 nitrogen and oxygen atoms in total. The van der Waals surface area contributed by atoms with Gasteiger partial charge in [0.2, 0.25) is 6.10 Å². The number of nitrogens with zero attached hydrogens (tertiary/aromatic N) is 1. The van der Waals surface area contributed by atoms with Crippen LogP contribution in [0.25, 0.3) is 0 Å². The Labute approximate surface area is 437 Å². The minimum absolute atomic E-state index is 0.0236. The van der Waals surface area contributed by atoms with Gasteiger partial charge in [-0.15, -0.1) is 0 Å². The molecule has 0 aromatic rings. The van der Waals surface area contributed by atoms with Gasteiger partial charge in [0.25, 0.3) is 0 Å². The van der Waals surface area contributed by atoms with Crippen LogP contribution in [0.2, 0.25) is 0 Å². The maximum Gasteiger partial charge on any atom is 0.510 e. The van der Waals surface area contributed by atoms with Crippen molar-refractivity contribution >= 4 is 23.9 Å². The Morgan fingerprint density at radius 1 is 0.824 bits per heavy atom. The van der Waals surface area contributed by atoms with Crippen molar-refractivity contribution in [1.82, 2.24) is 0 Å². The lowest BCUT2D eigenvalue weighted by molar-refractivity contribution is -0.333. The van der Waals surface area contributed by atoms with Crippen molar-refractivity contribution < 1.29 is 84.8 Å². The van der Waals surface area contributed by atoms with Crippen LogP contribution in [0.5, 0.6) is 0 Å². The second kappa shape index (κ2) is 33.9.